The molecule has 0 aromatic heterocycles. The zero-order chi connectivity index (χ0) is 19.2. The van der Waals surface area contributed by atoms with Crippen LogP contribution in [0.3, 0.4) is 0 Å². The molecule has 5 heteroatoms. The number of hydrogen-bond donors (Lipinski definition) is 0. The van der Waals surface area contributed by atoms with Gasteiger partial charge in [0.25, 0.3) is 0 Å². The minimum Gasteiger partial charge on any atom is -0.496 e. The summed E-state index contributed by atoms with van der Waals surface area (Å²) in [4.78, 5) is 16.5. The highest BCUT2D eigenvalue weighted by Crippen LogP contribution is 2.24. The summed E-state index contributed by atoms with van der Waals surface area (Å²) >= 11 is 0. The quantitative estimate of drug-likeness (QED) is 0.545. The van der Waals surface area contributed by atoms with Gasteiger partial charge >= 0.3 is 5.97 Å². The molecule has 0 N–H and O–H groups in total. The standard InChI is InChI=1S/C22H23NO4/c1-4-16-13-15(9-11-20(16)26-3)14-18-22(24)27-21(23-18)12-10-17-7-5-6-8-19(17)25-2/h5-9,11,13-14H,4,10,12H2,1-3H3/b18-14+. The first-order chi connectivity index (χ1) is 13.1. The van der Waals surface area contributed by atoms with E-state index in [2.05, 4.69) is 11.9 Å². The van der Waals surface area contributed by atoms with Crippen molar-refractivity contribution in [3.8, 4) is 11.5 Å². The van der Waals surface area contributed by atoms with Crippen LogP contribution < -0.4 is 9.47 Å². The van der Waals surface area contributed by atoms with Gasteiger partial charge in [0.05, 0.1) is 14.2 Å². The molecule has 27 heavy (non-hydrogen) atoms. The summed E-state index contributed by atoms with van der Waals surface area (Å²) in [5.74, 6) is 1.68. The molecule has 140 valence electrons. The zero-order valence-corrected chi connectivity index (χ0v) is 15.8. The van der Waals surface area contributed by atoms with E-state index in [0.717, 1.165) is 34.6 Å². The van der Waals surface area contributed by atoms with Gasteiger partial charge in [-0.15, -0.1) is 0 Å². The summed E-state index contributed by atoms with van der Waals surface area (Å²) < 4.78 is 16.0. The number of carbonyl (C=O) groups is 1. The maximum absolute atomic E-state index is 12.1. The van der Waals surface area contributed by atoms with Crippen molar-refractivity contribution in [3.63, 3.8) is 0 Å². The van der Waals surface area contributed by atoms with E-state index in [0.29, 0.717) is 24.4 Å². The number of hydrogen-bond acceptors (Lipinski definition) is 5. The van der Waals surface area contributed by atoms with Gasteiger partial charge < -0.3 is 14.2 Å². The Hall–Kier alpha value is -3.08. The van der Waals surface area contributed by atoms with Crippen LogP contribution in [0.1, 0.15) is 30.0 Å². The maximum atomic E-state index is 12.1. The van der Waals surface area contributed by atoms with Crippen molar-refractivity contribution in [2.45, 2.75) is 26.2 Å². The third kappa shape index (κ3) is 4.37. The van der Waals surface area contributed by atoms with E-state index < -0.39 is 5.97 Å². The van der Waals surface area contributed by atoms with Crippen molar-refractivity contribution in [2.75, 3.05) is 14.2 Å². The molecule has 1 aliphatic rings. The second-order valence-electron chi connectivity index (χ2n) is 6.16. The molecular weight excluding hydrogens is 342 g/mol. The van der Waals surface area contributed by atoms with E-state index in [1.54, 1.807) is 20.3 Å². The number of ether oxygens (including phenoxy) is 3. The average molecular weight is 365 g/mol. The van der Waals surface area contributed by atoms with Gasteiger partial charge in [0.2, 0.25) is 0 Å². The van der Waals surface area contributed by atoms with Gasteiger partial charge in [-0.25, -0.2) is 9.79 Å². The van der Waals surface area contributed by atoms with Crippen molar-refractivity contribution in [1.82, 2.24) is 0 Å². The van der Waals surface area contributed by atoms with Crippen LogP contribution in [-0.4, -0.2) is 26.1 Å². The van der Waals surface area contributed by atoms with E-state index in [-0.39, 0.29) is 0 Å². The van der Waals surface area contributed by atoms with Gasteiger partial charge in [-0.2, -0.15) is 0 Å². The van der Waals surface area contributed by atoms with Crippen molar-refractivity contribution < 1.29 is 19.0 Å². The van der Waals surface area contributed by atoms with Crippen LogP contribution in [-0.2, 0) is 22.4 Å². The number of benzene rings is 2. The topological polar surface area (TPSA) is 57.1 Å². The van der Waals surface area contributed by atoms with Crippen molar-refractivity contribution in [1.29, 1.82) is 0 Å². The first kappa shape index (κ1) is 18.7. The maximum Gasteiger partial charge on any atom is 0.363 e. The highest BCUT2D eigenvalue weighted by molar-refractivity contribution is 6.07. The van der Waals surface area contributed by atoms with E-state index in [1.807, 2.05) is 42.5 Å². The van der Waals surface area contributed by atoms with E-state index >= 15 is 0 Å². The molecule has 5 nitrogen and oxygen atoms in total. The Balaban J connectivity index is 1.75. The number of aryl methyl sites for hydroxylation is 2. The molecule has 0 spiro atoms. The number of rotatable bonds is 7. The number of aliphatic imine (C=N–C) groups is 1. The van der Waals surface area contributed by atoms with Gasteiger partial charge in [0.1, 0.15) is 11.5 Å². The van der Waals surface area contributed by atoms with Crippen molar-refractivity contribution >= 4 is 17.9 Å². The summed E-state index contributed by atoms with van der Waals surface area (Å²) in [5.41, 5.74) is 3.35. The van der Waals surface area contributed by atoms with Crippen LogP contribution in [0.15, 0.2) is 53.2 Å². The van der Waals surface area contributed by atoms with Gasteiger partial charge in [0.15, 0.2) is 11.6 Å². The number of methoxy groups -OCH3 is 2. The van der Waals surface area contributed by atoms with Gasteiger partial charge in [-0.1, -0.05) is 31.2 Å². The van der Waals surface area contributed by atoms with Crippen LogP contribution in [0.5, 0.6) is 11.5 Å². The van der Waals surface area contributed by atoms with Crippen LogP contribution >= 0.6 is 0 Å². The Morgan fingerprint density at radius 3 is 2.48 bits per heavy atom. The van der Waals surface area contributed by atoms with Crippen LogP contribution in [0.25, 0.3) is 6.08 Å². The molecule has 0 amide bonds. The largest absolute Gasteiger partial charge is 0.496 e. The third-order valence-corrected chi connectivity index (χ3v) is 4.45. The SMILES string of the molecule is CCc1cc(/C=C2/N=C(CCc3ccccc3OC)OC2=O)ccc1OC. The number of para-hydroxylation sites is 1. The normalized spacial score (nSPS) is 14.9. The van der Waals surface area contributed by atoms with E-state index in [9.17, 15) is 4.79 Å². The molecule has 0 aliphatic carbocycles. The lowest BCUT2D eigenvalue weighted by molar-refractivity contribution is -0.130. The van der Waals surface area contributed by atoms with Crippen molar-refractivity contribution in [3.05, 3.63) is 64.9 Å². The summed E-state index contributed by atoms with van der Waals surface area (Å²) in [6.45, 7) is 2.06. The number of nitrogens with zero attached hydrogens (tertiary/aromatic N) is 1. The molecule has 0 radical (unpaired) electrons. The molecule has 0 saturated carbocycles. The molecular formula is C22H23NO4. The van der Waals surface area contributed by atoms with Crippen molar-refractivity contribution in [2.24, 2.45) is 4.99 Å². The Morgan fingerprint density at radius 2 is 1.74 bits per heavy atom. The number of carbonyl (C=O) groups excluding carboxylic acids is 1. The Kier molecular flexibility index (Phi) is 5.91. The Bertz CT molecular complexity index is 899. The molecule has 0 bridgehead atoms. The molecule has 1 aliphatic heterocycles. The van der Waals surface area contributed by atoms with E-state index in [4.69, 9.17) is 14.2 Å². The molecule has 0 unspecified atom stereocenters. The minimum atomic E-state index is -0.418. The van der Waals surface area contributed by atoms with Crippen LogP contribution in [0.2, 0.25) is 0 Å². The fraction of sp³-hybridized carbons (Fsp3) is 0.273. The average Bonchev–Trinajstić information content (AvgIpc) is 3.05. The molecule has 0 fully saturated rings. The Labute approximate surface area is 159 Å². The lowest BCUT2D eigenvalue weighted by Crippen LogP contribution is -2.05. The fourth-order valence-corrected chi connectivity index (χ4v) is 3.03. The number of cyclic esters (lactones) is 1. The summed E-state index contributed by atoms with van der Waals surface area (Å²) in [6, 6.07) is 13.6. The predicted molar refractivity (Wildman–Crippen MR) is 105 cm³/mol. The highest BCUT2D eigenvalue weighted by atomic mass is 16.6. The number of esters is 1. The van der Waals surface area contributed by atoms with E-state index in [1.165, 1.54) is 0 Å². The minimum absolute atomic E-state index is 0.317. The smallest absolute Gasteiger partial charge is 0.363 e. The molecule has 2 aromatic rings. The molecule has 3 rings (SSSR count). The monoisotopic (exact) mass is 365 g/mol. The van der Waals surface area contributed by atoms with Crippen LogP contribution in [0, 0.1) is 0 Å². The second-order valence-corrected chi connectivity index (χ2v) is 6.16. The fourth-order valence-electron chi connectivity index (χ4n) is 3.03. The van der Waals surface area contributed by atoms with Crippen LogP contribution in [0.4, 0.5) is 0 Å². The molecule has 2 aromatic carbocycles. The molecule has 1 heterocycles. The molecule has 0 atom stereocenters. The van der Waals surface area contributed by atoms with Gasteiger partial charge in [-0.3, -0.25) is 0 Å². The lowest BCUT2D eigenvalue weighted by atomic mass is 10.1. The Morgan fingerprint density at radius 1 is 1.00 bits per heavy atom. The first-order valence-corrected chi connectivity index (χ1v) is 8.94. The summed E-state index contributed by atoms with van der Waals surface area (Å²) in [6.07, 6.45) is 3.81. The molecule has 0 saturated heterocycles. The summed E-state index contributed by atoms with van der Waals surface area (Å²) in [7, 11) is 3.30. The first-order valence-electron chi connectivity index (χ1n) is 8.94. The second kappa shape index (κ2) is 8.54. The predicted octanol–water partition coefficient (Wildman–Crippen LogP) is 4.20. The highest BCUT2D eigenvalue weighted by Gasteiger charge is 2.23. The van der Waals surface area contributed by atoms with Gasteiger partial charge in [-0.05, 0) is 53.8 Å². The van der Waals surface area contributed by atoms with Gasteiger partial charge in [0, 0.05) is 6.42 Å². The lowest BCUT2D eigenvalue weighted by Gasteiger charge is -2.07. The zero-order valence-electron chi connectivity index (χ0n) is 15.8. The summed E-state index contributed by atoms with van der Waals surface area (Å²) in [5, 5.41) is 0. The third-order valence-electron chi connectivity index (χ3n) is 4.45.